The Morgan fingerprint density at radius 1 is 1.40 bits per heavy atom. The third-order valence-corrected chi connectivity index (χ3v) is 2.57. The highest BCUT2D eigenvalue weighted by atomic mass is 16.5. The van der Waals surface area contributed by atoms with Crippen LogP contribution in [-0.4, -0.2) is 43.6 Å². The molecule has 0 atom stereocenters. The maximum atomic E-state index is 11.5. The van der Waals surface area contributed by atoms with Crippen molar-refractivity contribution in [2.45, 2.75) is 33.4 Å². The second-order valence-corrected chi connectivity index (χ2v) is 4.89. The molecule has 0 aliphatic rings. The summed E-state index contributed by atoms with van der Waals surface area (Å²) in [4.78, 5) is 24.7. The lowest BCUT2D eigenvalue weighted by Gasteiger charge is -2.15. The molecule has 0 spiro atoms. The molecule has 6 heteroatoms. The number of hydrogen-bond donors (Lipinski definition) is 0. The minimum Gasteiger partial charge on any atom is -0.465 e. The van der Waals surface area contributed by atoms with Crippen LogP contribution in [0.5, 0.6) is 0 Å². The lowest BCUT2D eigenvalue weighted by molar-refractivity contribution is -0.148. The molecule has 1 heterocycles. The van der Waals surface area contributed by atoms with E-state index in [1.165, 1.54) is 7.11 Å². The fraction of sp³-hybridized carbons (Fsp3) is 0.571. The van der Waals surface area contributed by atoms with E-state index >= 15 is 0 Å². The number of carbonyl (C=O) groups excluding carboxylic acids is 2. The van der Waals surface area contributed by atoms with Crippen LogP contribution in [0.2, 0.25) is 0 Å². The third kappa shape index (κ3) is 4.70. The summed E-state index contributed by atoms with van der Waals surface area (Å²) in [7, 11) is 3.10. The Bertz CT molecular complexity index is 478. The number of ether oxygens (including phenoxy) is 2. The molecule has 0 radical (unpaired) electrons. The van der Waals surface area contributed by atoms with Crippen LogP contribution in [0.1, 0.15) is 35.7 Å². The van der Waals surface area contributed by atoms with Crippen molar-refractivity contribution in [3.8, 4) is 0 Å². The predicted molar refractivity (Wildman–Crippen MR) is 72.3 cm³/mol. The van der Waals surface area contributed by atoms with Gasteiger partial charge >= 0.3 is 11.9 Å². The summed E-state index contributed by atoms with van der Waals surface area (Å²) in [6.07, 6.45) is -0.132. The summed E-state index contributed by atoms with van der Waals surface area (Å²) >= 11 is 0. The van der Waals surface area contributed by atoms with Gasteiger partial charge in [-0.25, -0.2) is 4.79 Å². The predicted octanol–water partition coefficient (Wildman–Crippen LogP) is 1.76. The van der Waals surface area contributed by atoms with Gasteiger partial charge in [0.1, 0.15) is 17.1 Å². The molecular formula is C14H21NO5. The lowest BCUT2D eigenvalue weighted by atomic mass is 10.2. The first-order valence-corrected chi connectivity index (χ1v) is 6.39. The molecule has 0 aliphatic carbocycles. The Labute approximate surface area is 118 Å². The summed E-state index contributed by atoms with van der Waals surface area (Å²) in [6.45, 7) is 5.87. The Kier molecular flexibility index (Phi) is 5.76. The largest absolute Gasteiger partial charge is 0.465 e. The number of aryl methyl sites for hydroxylation is 1. The monoisotopic (exact) mass is 283 g/mol. The molecule has 0 saturated carbocycles. The summed E-state index contributed by atoms with van der Waals surface area (Å²) < 4.78 is 15.2. The molecule has 0 N–H and O–H groups in total. The van der Waals surface area contributed by atoms with Crippen molar-refractivity contribution in [3.63, 3.8) is 0 Å². The number of nitrogens with zero attached hydrogens (tertiary/aromatic N) is 1. The molecule has 0 saturated heterocycles. The van der Waals surface area contributed by atoms with Crippen molar-refractivity contribution in [2.24, 2.45) is 0 Å². The van der Waals surface area contributed by atoms with E-state index in [1.807, 2.05) is 0 Å². The topological polar surface area (TPSA) is 69.0 Å². The van der Waals surface area contributed by atoms with Crippen LogP contribution < -0.4 is 0 Å². The fourth-order valence-electron chi connectivity index (χ4n) is 1.78. The maximum absolute atomic E-state index is 11.5. The number of esters is 2. The molecule has 0 fully saturated rings. The molecule has 1 rings (SSSR count). The van der Waals surface area contributed by atoms with Gasteiger partial charge in [-0.1, -0.05) is 0 Å². The molecule has 0 aliphatic heterocycles. The molecule has 0 bridgehead atoms. The number of likely N-dealkylation sites (N-methyl/N-ethyl adjacent to an activating group) is 1. The molecular weight excluding hydrogens is 262 g/mol. The summed E-state index contributed by atoms with van der Waals surface area (Å²) in [5.74, 6) is 0.381. The van der Waals surface area contributed by atoms with Crippen LogP contribution in [0.15, 0.2) is 10.5 Å². The van der Waals surface area contributed by atoms with Crippen LogP contribution >= 0.6 is 0 Å². The number of rotatable bonds is 6. The number of methoxy groups -OCH3 is 1. The summed E-state index contributed by atoms with van der Waals surface area (Å²) in [6, 6.07) is 1.63. The van der Waals surface area contributed by atoms with Crippen molar-refractivity contribution in [2.75, 3.05) is 20.7 Å². The van der Waals surface area contributed by atoms with Crippen molar-refractivity contribution >= 4 is 11.9 Å². The van der Waals surface area contributed by atoms with Crippen molar-refractivity contribution in [1.29, 1.82) is 0 Å². The number of carbonyl (C=O) groups is 2. The molecule has 0 unspecified atom stereocenters. The first kappa shape index (κ1) is 16.2. The van der Waals surface area contributed by atoms with E-state index in [9.17, 15) is 9.59 Å². The molecule has 1 aromatic rings. The molecule has 6 nitrogen and oxygen atoms in total. The average molecular weight is 283 g/mol. The zero-order valence-corrected chi connectivity index (χ0v) is 12.6. The smallest absolute Gasteiger partial charge is 0.341 e. The van der Waals surface area contributed by atoms with Gasteiger partial charge in [-0.05, 0) is 33.9 Å². The Balaban J connectivity index is 2.60. The van der Waals surface area contributed by atoms with Gasteiger partial charge in [0.05, 0.1) is 26.3 Å². The standard InChI is InChI=1S/C14H21NO5/c1-9(2)19-13(16)8-15(4)7-11-6-12(10(3)20-11)14(17)18-5/h6,9H,7-8H2,1-5H3. The Hall–Kier alpha value is -1.82. The minimum atomic E-state index is -0.431. The van der Waals surface area contributed by atoms with Gasteiger partial charge < -0.3 is 13.9 Å². The Morgan fingerprint density at radius 3 is 2.60 bits per heavy atom. The second-order valence-electron chi connectivity index (χ2n) is 4.89. The summed E-state index contributed by atoms with van der Waals surface area (Å²) in [5.41, 5.74) is 0.403. The average Bonchev–Trinajstić information content (AvgIpc) is 2.67. The van der Waals surface area contributed by atoms with Crippen LogP contribution in [0.25, 0.3) is 0 Å². The Morgan fingerprint density at radius 2 is 2.05 bits per heavy atom. The molecule has 20 heavy (non-hydrogen) atoms. The zero-order chi connectivity index (χ0) is 15.3. The number of hydrogen-bond acceptors (Lipinski definition) is 6. The highest BCUT2D eigenvalue weighted by Crippen LogP contribution is 2.16. The van der Waals surface area contributed by atoms with Gasteiger partial charge in [-0.2, -0.15) is 0 Å². The lowest BCUT2D eigenvalue weighted by Crippen LogP contribution is -2.28. The van der Waals surface area contributed by atoms with Gasteiger partial charge in [-0.3, -0.25) is 9.69 Å². The third-order valence-electron chi connectivity index (χ3n) is 2.57. The van der Waals surface area contributed by atoms with Crippen molar-refractivity contribution in [1.82, 2.24) is 4.90 Å². The van der Waals surface area contributed by atoms with Crippen LogP contribution in [-0.2, 0) is 20.8 Å². The van der Waals surface area contributed by atoms with Gasteiger partial charge in [0.15, 0.2) is 0 Å². The van der Waals surface area contributed by atoms with Gasteiger partial charge in [0.25, 0.3) is 0 Å². The van der Waals surface area contributed by atoms with Gasteiger partial charge in [-0.15, -0.1) is 0 Å². The van der Waals surface area contributed by atoms with Gasteiger partial charge in [0.2, 0.25) is 0 Å². The van der Waals surface area contributed by atoms with Crippen LogP contribution in [0.4, 0.5) is 0 Å². The van der Waals surface area contributed by atoms with E-state index in [1.54, 1.807) is 38.8 Å². The van der Waals surface area contributed by atoms with E-state index in [0.29, 0.717) is 23.6 Å². The highest BCUT2D eigenvalue weighted by molar-refractivity contribution is 5.90. The molecule has 0 amide bonds. The van der Waals surface area contributed by atoms with E-state index in [2.05, 4.69) is 4.74 Å². The fourth-order valence-corrected chi connectivity index (χ4v) is 1.78. The quantitative estimate of drug-likeness (QED) is 0.741. The van der Waals surface area contributed by atoms with Crippen LogP contribution in [0, 0.1) is 6.92 Å². The molecule has 1 aromatic heterocycles. The van der Waals surface area contributed by atoms with E-state index in [0.717, 1.165) is 0 Å². The zero-order valence-electron chi connectivity index (χ0n) is 12.6. The van der Waals surface area contributed by atoms with E-state index in [4.69, 9.17) is 9.15 Å². The first-order valence-electron chi connectivity index (χ1n) is 6.39. The maximum Gasteiger partial charge on any atom is 0.341 e. The van der Waals surface area contributed by atoms with E-state index in [-0.39, 0.29) is 18.6 Å². The number of furan rings is 1. The molecule has 112 valence electrons. The normalized spacial score (nSPS) is 10.9. The van der Waals surface area contributed by atoms with Crippen LogP contribution in [0.3, 0.4) is 0 Å². The first-order chi connectivity index (χ1) is 9.33. The minimum absolute atomic E-state index is 0.132. The highest BCUT2D eigenvalue weighted by Gasteiger charge is 2.17. The van der Waals surface area contributed by atoms with Crippen molar-refractivity contribution < 1.29 is 23.5 Å². The summed E-state index contributed by atoms with van der Waals surface area (Å²) in [5, 5.41) is 0. The van der Waals surface area contributed by atoms with Crippen molar-refractivity contribution in [3.05, 3.63) is 23.2 Å². The van der Waals surface area contributed by atoms with Gasteiger partial charge in [0, 0.05) is 0 Å². The molecule has 0 aromatic carbocycles. The second kappa shape index (κ2) is 7.09. The van der Waals surface area contributed by atoms with E-state index < -0.39 is 5.97 Å². The SMILES string of the molecule is COC(=O)c1cc(CN(C)CC(=O)OC(C)C)oc1C.